The molecule has 0 saturated carbocycles. The third-order valence-corrected chi connectivity index (χ3v) is 4.57. The average molecular weight is 343 g/mol. The minimum atomic E-state index is -0.354. The number of fused-ring (bicyclic) bond motifs is 1. The number of likely N-dealkylation sites (tertiary alicyclic amines) is 1. The highest BCUT2D eigenvalue weighted by Gasteiger charge is 2.34. The molecule has 0 bridgehead atoms. The molecule has 25 heavy (non-hydrogen) atoms. The van der Waals surface area contributed by atoms with Gasteiger partial charge in [-0.25, -0.2) is 0 Å². The van der Waals surface area contributed by atoms with Gasteiger partial charge >= 0.3 is 0 Å². The van der Waals surface area contributed by atoms with Crippen molar-refractivity contribution in [1.29, 1.82) is 0 Å². The molecular weight excluding hydrogens is 322 g/mol. The molecule has 132 valence electrons. The normalized spacial score (nSPS) is 17.0. The molecule has 1 saturated heterocycles. The van der Waals surface area contributed by atoms with Crippen LogP contribution in [0.1, 0.15) is 46.4 Å². The second-order valence-corrected chi connectivity index (χ2v) is 6.25. The molecule has 2 aliphatic heterocycles. The summed E-state index contributed by atoms with van der Waals surface area (Å²) in [5, 5.41) is 2.74. The van der Waals surface area contributed by atoms with Crippen LogP contribution in [0, 0.1) is 0 Å². The van der Waals surface area contributed by atoms with Crippen molar-refractivity contribution < 1.29 is 19.2 Å². The van der Waals surface area contributed by atoms with Gasteiger partial charge in [-0.3, -0.25) is 24.1 Å². The lowest BCUT2D eigenvalue weighted by Crippen LogP contribution is -2.41. The van der Waals surface area contributed by atoms with E-state index in [1.165, 1.54) is 0 Å². The first-order chi connectivity index (χ1) is 12.1. The topological polar surface area (TPSA) is 86.8 Å². The molecule has 1 N–H and O–H groups in total. The Kier molecular flexibility index (Phi) is 5.11. The molecule has 0 aliphatic carbocycles. The Bertz CT molecular complexity index is 681. The van der Waals surface area contributed by atoms with Crippen LogP contribution >= 0.6 is 0 Å². The fourth-order valence-corrected chi connectivity index (χ4v) is 3.17. The number of imide groups is 1. The van der Waals surface area contributed by atoms with E-state index in [2.05, 4.69) is 5.32 Å². The minimum absolute atomic E-state index is 0.0550. The highest BCUT2D eigenvalue weighted by molar-refractivity contribution is 6.21. The number of hydrogen-bond acceptors (Lipinski definition) is 4. The molecule has 3 rings (SSSR count). The summed E-state index contributed by atoms with van der Waals surface area (Å²) in [5.41, 5.74) is 0.771. The first kappa shape index (κ1) is 17.1. The largest absolute Gasteiger partial charge is 0.354 e. The van der Waals surface area contributed by atoms with Gasteiger partial charge in [0.15, 0.2) is 0 Å². The Morgan fingerprint density at radius 2 is 1.68 bits per heavy atom. The Labute approximate surface area is 146 Å². The van der Waals surface area contributed by atoms with E-state index in [0.717, 1.165) is 24.3 Å². The summed E-state index contributed by atoms with van der Waals surface area (Å²) in [7, 11) is 0. The predicted octanol–water partition coefficient (Wildman–Crippen LogP) is 0.801. The van der Waals surface area contributed by atoms with Crippen molar-refractivity contribution in [3.05, 3.63) is 35.4 Å². The standard InChI is InChI=1S/C18H21N3O4/c22-15(19-9-12-20-10-4-3-7-16(20)23)8-11-21-17(24)13-5-1-2-6-14(13)18(21)25/h1-2,5-6H,3-4,7-12H2,(H,19,22). The monoisotopic (exact) mass is 343 g/mol. The summed E-state index contributed by atoms with van der Waals surface area (Å²) in [4.78, 5) is 50.9. The molecule has 1 aromatic rings. The van der Waals surface area contributed by atoms with E-state index in [1.54, 1.807) is 29.2 Å². The van der Waals surface area contributed by atoms with Crippen LogP contribution in [0.4, 0.5) is 0 Å². The highest BCUT2D eigenvalue weighted by atomic mass is 16.2. The number of rotatable bonds is 6. The summed E-state index contributed by atoms with van der Waals surface area (Å²) in [5.74, 6) is -0.813. The van der Waals surface area contributed by atoms with E-state index in [0.29, 0.717) is 30.6 Å². The van der Waals surface area contributed by atoms with E-state index in [-0.39, 0.29) is 36.6 Å². The van der Waals surface area contributed by atoms with E-state index in [9.17, 15) is 19.2 Å². The third-order valence-electron chi connectivity index (χ3n) is 4.57. The molecule has 0 atom stereocenters. The Hall–Kier alpha value is -2.70. The average Bonchev–Trinajstić information content (AvgIpc) is 2.86. The number of amides is 4. The van der Waals surface area contributed by atoms with Crippen LogP contribution in [0.25, 0.3) is 0 Å². The fourth-order valence-electron chi connectivity index (χ4n) is 3.17. The van der Waals surface area contributed by atoms with Crippen LogP contribution in [0.15, 0.2) is 24.3 Å². The Morgan fingerprint density at radius 1 is 1.00 bits per heavy atom. The van der Waals surface area contributed by atoms with Crippen molar-refractivity contribution in [3.63, 3.8) is 0 Å². The smallest absolute Gasteiger partial charge is 0.261 e. The van der Waals surface area contributed by atoms with Gasteiger partial charge in [-0.1, -0.05) is 12.1 Å². The summed E-state index contributed by atoms with van der Waals surface area (Å²) in [6.07, 6.45) is 2.56. The molecule has 1 fully saturated rings. The van der Waals surface area contributed by atoms with Crippen LogP contribution in [0.5, 0.6) is 0 Å². The van der Waals surface area contributed by atoms with Gasteiger partial charge in [0.2, 0.25) is 11.8 Å². The van der Waals surface area contributed by atoms with Crippen molar-refractivity contribution in [2.24, 2.45) is 0 Å². The van der Waals surface area contributed by atoms with Gasteiger partial charge in [-0.05, 0) is 25.0 Å². The third kappa shape index (κ3) is 3.70. The van der Waals surface area contributed by atoms with Crippen LogP contribution in [-0.2, 0) is 9.59 Å². The van der Waals surface area contributed by atoms with E-state index < -0.39 is 0 Å². The van der Waals surface area contributed by atoms with E-state index in [4.69, 9.17) is 0 Å². The molecule has 7 heteroatoms. The molecule has 0 aromatic heterocycles. The van der Waals surface area contributed by atoms with Crippen molar-refractivity contribution in [1.82, 2.24) is 15.1 Å². The predicted molar refractivity (Wildman–Crippen MR) is 89.9 cm³/mol. The lowest BCUT2D eigenvalue weighted by Gasteiger charge is -2.26. The van der Waals surface area contributed by atoms with Gasteiger partial charge in [0, 0.05) is 39.0 Å². The Morgan fingerprint density at radius 3 is 2.32 bits per heavy atom. The number of benzene rings is 1. The second kappa shape index (κ2) is 7.46. The number of carbonyl (C=O) groups is 4. The summed E-state index contributed by atoms with van der Waals surface area (Å²) in [6.45, 7) is 1.68. The lowest BCUT2D eigenvalue weighted by molar-refractivity contribution is -0.133. The number of nitrogens with zero attached hydrogens (tertiary/aromatic N) is 2. The number of hydrogen-bond donors (Lipinski definition) is 1. The summed E-state index contributed by atoms with van der Waals surface area (Å²) < 4.78 is 0. The van der Waals surface area contributed by atoms with Gasteiger partial charge < -0.3 is 10.2 Å². The maximum Gasteiger partial charge on any atom is 0.261 e. The summed E-state index contributed by atoms with van der Waals surface area (Å²) in [6, 6.07) is 6.65. The highest BCUT2D eigenvalue weighted by Crippen LogP contribution is 2.22. The zero-order valence-electron chi connectivity index (χ0n) is 14.0. The zero-order valence-corrected chi connectivity index (χ0v) is 14.0. The molecule has 0 radical (unpaired) electrons. The SMILES string of the molecule is O=C(CCN1C(=O)c2ccccc2C1=O)NCCN1CCCCC1=O. The fraction of sp³-hybridized carbons (Fsp3) is 0.444. The zero-order chi connectivity index (χ0) is 17.8. The number of carbonyl (C=O) groups excluding carboxylic acids is 4. The summed E-state index contributed by atoms with van der Waals surface area (Å²) >= 11 is 0. The molecule has 7 nitrogen and oxygen atoms in total. The maximum atomic E-state index is 12.2. The first-order valence-electron chi connectivity index (χ1n) is 8.57. The first-order valence-corrected chi connectivity index (χ1v) is 8.57. The number of nitrogens with one attached hydrogen (secondary N) is 1. The molecular formula is C18H21N3O4. The van der Waals surface area contributed by atoms with Crippen molar-refractivity contribution in [2.45, 2.75) is 25.7 Å². The maximum absolute atomic E-state index is 12.2. The van der Waals surface area contributed by atoms with Crippen molar-refractivity contribution in [2.75, 3.05) is 26.2 Å². The Balaban J connectivity index is 1.43. The molecule has 1 aromatic carbocycles. The molecule has 2 aliphatic rings. The van der Waals surface area contributed by atoms with Gasteiger partial charge in [-0.2, -0.15) is 0 Å². The molecule has 2 heterocycles. The quantitative estimate of drug-likeness (QED) is 0.774. The lowest BCUT2D eigenvalue weighted by atomic mass is 10.1. The van der Waals surface area contributed by atoms with Crippen molar-refractivity contribution >= 4 is 23.6 Å². The van der Waals surface area contributed by atoms with Crippen LogP contribution in [0.3, 0.4) is 0 Å². The van der Waals surface area contributed by atoms with E-state index in [1.807, 2.05) is 0 Å². The minimum Gasteiger partial charge on any atom is -0.354 e. The van der Waals surface area contributed by atoms with Gasteiger partial charge in [-0.15, -0.1) is 0 Å². The van der Waals surface area contributed by atoms with Crippen LogP contribution in [-0.4, -0.2) is 59.6 Å². The second-order valence-electron chi connectivity index (χ2n) is 6.25. The van der Waals surface area contributed by atoms with Crippen molar-refractivity contribution in [3.8, 4) is 0 Å². The van der Waals surface area contributed by atoms with Gasteiger partial charge in [0.1, 0.15) is 0 Å². The van der Waals surface area contributed by atoms with Crippen LogP contribution < -0.4 is 5.32 Å². The molecule has 4 amide bonds. The van der Waals surface area contributed by atoms with Crippen LogP contribution in [0.2, 0.25) is 0 Å². The number of piperidine rings is 1. The molecule has 0 unspecified atom stereocenters. The van der Waals surface area contributed by atoms with Gasteiger partial charge in [0.05, 0.1) is 11.1 Å². The molecule has 0 spiro atoms. The van der Waals surface area contributed by atoms with E-state index >= 15 is 0 Å². The van der Waals surface area contributed by atoms with Gasteiger partial charge in [0.25, 0.3) is 11.8 Å².